The molecule has 2 aromatic carbocycles. The van der Waals surface area contributed by atoms with Gasteiger partial charge in [0.15, 0.2) is 5.76 Å². The highest BCUT2D eigenvalue weighted by atomic mass is 35.5. The summed E-state index contributed by atoms with van der Waals surface area (Å²) in [7, 11) is 0. The Morgan fingerprint density at radius 2 is 1.92 bits per heavy atom. The summed E-state index contributed by atoms with van der Waals surface area (Å²) in [5, 5.41) is 5.65. The monoisotopic (exact) mass is 340 g/mol. The Bertz CT molecular complexity index is 883. The average molecular weight is 341 g/mol. The molecule has 1 aliphatic rings. The molecule has 0 unspecified atom stereocenters. The zero-order valence-electron chi connectivity index (χ0n) is 13.2. The number of amides is 1. The summed E-state index contributed by atoms with van der Waals surface area (Å²) in [6.45, 7) is 1.69. The van der Waals surface area contributed by atoms with Crippen molar-refractivity contribution >= 4 is 28.4 Å². The molecule has 1 saturated heterocycles. The van der Waals surface area contributed by atoms with E-state index >= 15 is 0 Å². The number of fused-ring (bicyclic) bond motifs is 1. The van der Waals surface area contributed by atoms with Gasteiger partial charge in [-0.1, -0.05) is 47.1 Å². The minimum Gasteiger partial charge on any atom is -0.355 e. The quantitative estimate of drug-likeness (QED) is 0.713. The van der Waals surface area contributed by atoms with Crippen LogP contribution in [-0.2, 0) is 11.2 Å². The van der Waals surface area contributed by atoms with Gasteiger partial charge in [-0.25, -0.2) is 0 Å². The van der Waals surface area contributed by atoms with Crippen molar-refractivity contribution in [2.45, 2.75) is 19.3 Å². The molecule has 5 heteroatoms. The smallest absolute Gasteiger partial charge is 0.227 e. The highest BCUT2D eigenvalue weighted by molar-refractivity contribution is 6.31. The highest BCUT2D eigenvalue weighted by Gasteiger charge is 2.21. The van der Waals surface area contributed by atoms with Gasteiger partial charge in [0.2, 0.25) is 5.91 Å². The molecule has 0 aliphatic carbocycles. The summed E-state index contributed by atoms with van der Waals surface area (Å²) in [5.41, 5.74) is 2.48. The molecule has 0 N–H and O–H groups in total. The first-order valence-electron chi connectivity index (χ1n) is 8.13. The van der Waals surface area contributed by atoms with Crippen molar-refractivity contribution in [3.05, 3.63) is 53.1 Å². The Labute approximate surface area is 145 Å². The van der Waals surface area contributed by atoms with Crippen LogP contribution in [0.15, 0.2) is 47.0 Å². The minimum absolute atomic E-state index is 0.125. The van der Waals surface area contributed by atoms with Crippen molar-refractivity contribution in [2.75, 3.05) is 13.1 Å². The fraction of sp³-hybridized carbons (Fsp3) is 0.263. The van der Waals surface area contributed by atoms with E-state index in [4.69, 9.17) is 16.1 Å². The predicted octanol–water partition coefficient (Wildman–Crippen LogP) is 4.31. The van der Waals surface area contributed by atoms with E-state index in [0.29, 0.717) is 22.7 Å². The van der Waals surface area contributed by atoms with E-state index in [0.717, 1.165) is 42.4 Å². The van der Waals surface area contributed by atoms with E-state index in [1.807, 2.05) is 47.4 Å². The summed E-state index contributed by atoms with van der Waals surface area (Å²) < 4.78 is 5.57. The maximum atomic E-state index is 12.5. The summed E-state index contributed by atoms with van der Waals surface area (Å²) in [6, 6.07) is 13.5. The number of hydrogen-bond donors (Lipinski definition) is 0. The number of rotatable bonds is 3. The number of nitrogens with zero attached hydrogens (tertiary/aromatic N) is 2. The number of aromatic nitrogens is 1. The molecule has 0 atom stereocenters. The van der Waals surface area contributed by atoms with Crippen LogP contribution in [0.25, 0.3) is 22.2 Å². The second-order valence-electron chi connectivity index (χ2n) is 6.10. The molecule has 4 rings (SSSR count). The topological polar surface area (TPSA) is 46.3 Å². The van der Waals surface area contributed by atoms with Crippen LogP contribution in [0, 0.1) is 0 Å². The van der Waals surface area contributed by atoms with Crippen molar-refractivity contribution in [1.29, 1.82) is 0 Å². The van der Waals surface area contributed by atoms with Gasteiger partial charge in [-0.2, -0.15) is 0 Å². The first-order valence-corrected chi connectivity index (χ1v) is 8.51. The zero-order chi connectivity index (χ0) is 16.5. The lowest BCUT2D eigenvalue weighted by Crippen LogP contribution is -2.29. The van der Waals surface area contributed by atoms with Gasteiger partial charge >= 0.3 is 0 Å². The standard InChI is InChI=1S/C19H17ClN2O2/c20-15-10-14(11-17(23)22-8-4-5-9-22)18-16(12-15)19(24-21-18)13-6-2-1-3-7-13/h1-3,6-7,10,12H,4-5,8-9,11H2. The Kier molecular flexibility index (Phi) is 3.98. The average Bonchev–Trinajstić information content (AvgIpc) is 3.25. The van der Waals surface area contributed by atoms with E-state index in [1.165, 1.54) is 0 Å². The summed E-state index contributed by atoms with van der Waals surface area (Å²) >= 11 is 6.29. The van der Waals surface area contributed by atoms with Crippen LogP contribution in [0.4, 0.5) is 0 Å². The van der Waals surface area contributed by atoms with Gasteiger partial charge in [-0.05, 0) is 30.5 Å². The molecular weight excluding hydrogens is 324 g/mol. The van der Waals surface area contributed by atoms with Crippen molar-refractivity contribution in [2.24, 2.45) is 0 Å². The van der Waals surface area contributed by atoms with Crippen LogP contribution >= 0.6 is 11.6 Å². The SMILES string of the molecule is O=C(Cc1cc(Cl)cc2c(-c3ccccc3)onc12)N1CCCC1. The zero-order valence-corrected chi connectivity index (χ0v) is 13.9. The van der Waals surface area contributed by atoms with Gasteiger partial charge in [-0.3, -0.25) is 4.79 Å². The number of likely N-dealkylation sites (tertiary alicyclic amines) is 1. The molecule has 1 aromatic heterocycles. The van der Waals surface area contributed by atoms with Gasteiger partial charge in [0.1, 0.15) is 5.52 Å². The third kappa shape index (κ3) is 2.78. The molecule has 122 valence electrons. The molecular formula is C19H17ClN2O2. The van der Waals surface area contributed by atoms with Gasteiger partial charge in [-0.15, -0.1) is 0 Å². The van der Waals surface area contributed by atoms with E-state index in [2.05, 4.69) is 5.16 Å². The minimum atomic E-state index is 0.125. The summed E-state index contributed by atoms with van der Waals surface area (Å²) in [6.07, 6.45) is 2.47. The van der Waals surface area contributed by atoms with Crippen molar-refractivity contribution < 1.29 is 9.32 Å². The largest absolute Gasteiger partial charge is 0.355 e. The van der Waals surface area contributed by atoms with Crippen molar-refractivity contribution in [3.63, 3.8) is 0 Å². The molecule has 1 fully saturated rings. The Balaban J connectivity index is 1.74. The highest BCUT2D eigenvalue weighted by Crippen LogP contribution is 2.33. The van der Waals surface area contributed by atoms with Gasteiger partial charge in [0, 0.05) is 23.7 Å². The van der Waals surface area contributed by atoms with Gasteiger partial charge in [0.05, 0.1) is 11.8 Å². The maximum Gasteiger partial charge on any atom is 0.227 e. The van der Waals surface area contributed by atoms with E-state index < -0.39 is 0 Å². The molecule has 0 radical (unpaired) electrons. The van der Waals surface area contributed by atoms with Crippen LogP contribution in [0.2, 0.25) is 5.02 Å². The van der Waals surface area contributed by atoms with Crippen LogP contribution in [0.1, 0.15) is 18.4 Å². The molecule has 0 saturated carbocycles. The molecule has 3 aromatic rings. The molecule has 4 nitrogen and oxygen atoms in total. The lowest BCUT2D eigenvalue weighted by atomic mass is 10.0. The summed E-state index contributed by atoms with van der Waals surface area (Å²) in [5.74, 6) is 0.809. The summed E-state index contributed by atoms with van der Waals surface area (Å²) in [4.78, 5) is 14.4. The normalized spacial score (nSPS) is 14.5. The fourth-order valence-electron chi connectivity index (χ4n) is 3.25. The van der Waals surface area contributed by atoms with E-state index in [1.54, 1.807) is 0 Å². The molecule has 24 heavy (non-hydrogen) atoms. The predicted molar refractivity (Wildman–Crippen MR) is 94.0 cm³/mol. The van der Waals surface area contributed by atoms with Gasteiger partial charge in [0.25, 0.3) is 0 Å². The van der Waals surface area contributed by atoms with Crippen molar-refractivity contribution in [3.8, 4) is 11.3 Å². The number of carbonyl (C=O) groups is 1. The van der Waals surface area contributed by atoms with Crippen LogP contribution in [-0.4, -0.2) is 29.1 Å². The maximum absolute atomic E-state index is 12.5. The third-order valence-corrected chi connectivity index (χ3v) is 4.68. The Hall–Kier alpha value is -2.33. The fourth-order valence-corrected chi connectivity index (χ4v) is 3.49. The lowest BCUT2D eigenvalue weighted by Gasteiger charge is -2.15. The van der Waals surface area contributed by atoms with Gasteiger partial charge < -0.3 is 9.42 Å². The first-order chi connectivity index (χ1) is 11.7. The molecule has 2 heterocycles. The van der Waals surface area contributed by atoms with E-state index in [9.17, 15) is 4.79 Å². The molecule has 1 amide bonds. The van der Waals surface area contributed by atoms with Crippen LogP contribution in [0.3, 0.4) is 0 Å². The molecule has 0 bridgehead atoms. The third-order valence-electron chi connectivity index (χ3n) is 4.46. The number of halogens is 1. The second kappa shape index (κ2) is 6.29. The molecule has 1 aliphatic heterocycles. The lowest BCUT2D eigenvalue weighted by molar-refractivity contribution is -0.129. The van der Waals surface area contributed by atoms with Crippen LogP contribution in [0.5, 0.6) is 0 Å². The van der Waals surface area contributed by atoms with E-state index in [-0.39, 0.29) is 5.91 Å². The number of benzene rings is 2. The molecule has 0 spiro atoms. The second-order valence-corrected chi connectivity index (χ2v) is 6.54. The Morgan fingerprint density at radius 1 is 1.17 bits per heavy atom. The Morgan fingerprint density at radius 3 is 2.67 bits per heavy atom. The number of carbonyl (C=O) groups excluding carboxylic acids is 1. The van der Waals surface area contributed by atoms with Crippen molar-refractivity contribution in [1.82, 2.24) is 10.1 Å². The first kappa shape index (κ1) is 15.2. The van der Waals surface area contributed by atoms with Crippen LogP contribution < -0.4 is 0 Å². The number of hydrogen-bond acceptors (Lipinski definition) is 3.